The first-order valence-electron chi connectivity index (χ1n) is 5.11. The van der Waals surface area contributed by atoms with Crippen LogP contribution >= 0.6 is 0 Å². The molecule has 0 saturated carbocycles. The van der Waals surface area contributed by atoms with Gasteiger partial charge in [-0.25, -0.2) is 4.98 Å². The molecule has 1 saturated heterocycles. The van der Waals surface area contributed by atoms with Crippen molar-refractivity contribution in [2.24, 2.45) is 0 Å². The Kier molecular flexibility index (Phi) is 2.84. The number of rotatable bonds is 2. The van der Waals surface area contributed by atoms with Gasteiger partial charge in [0.2, 0.25) is 0 Å². The van der Waals surface area contributed by atoms with Crippen molar-refractivity contribution >= 4 is 5.82 Å². The highest BCUT2D eigenvalue weighted by atomic mass is 15.2. The van der Waals surface area contributed by atoms with Crippen molar-refractivity contribution in [1.29, 1.82) is 5.26 Å². The van der Waals surface area contributed by atoms with E-state index in [1.807, 2.05) is 7.05 Å². The number of nitrogens with zero attached hydrogens (tertiary/aromatic N) is 3. The molecule has 2 heterocycles. The van der Waals surface area contributed by atoms with Crippen LogP contribution in [0.15, 0.2) is 18.3 Å². The molecule has 4 nitrogen and oxygen atoms in total. The Balaban J connectivity index is 2.24. The lowest BCUT2D eigenvalue weighted by Crippen LogP contribution is -2.34. The van der Waals surface area contributed by atoms with Gasteiger partial charge in [-0.3, -0.25) is 0 Å². The fourth-order valence-electron chi connectivity index (χ4n) is 1.91. The summed E-state index contributed by atoms with van der Waals surface area (Å²) in [5, 5.41) is 12.3. The largest absolute Gasteiger partial charge is 0.354 e. The number of nitrogens with one attached hydrogen (secondary N) is 1. The Labute approximate surface area is 89.5 Å². The molecule has 1 unspecified atom stereocenters. The number of pyridine rings is 1. The van der Waals surface area contributed by atoms with E-state index in [1.165, 1.54) is 0 Å². The van der Waals surface area contributed by atoms with Gasteiger partial charge >= 0.3 is 0 Å². The third-order valence-electron chi connectivity index (χ3n) is 2.82. The first kappa shape index (κ1) is 9.94. The molecule has 4 heteroatoms. The molecule has 0 aliphatic carbocycles. The summed E-state index contributed by atoms with van der Waals surface area (Å²) >= 11 is 0. The van der Waals surface area contributed by atoms with Gasteiger partial charge in [0.05, 0.1) is 5.56 Å². The van der Waals surface area contributed by atoms with Crippen molar-refractivity contribution in [1.82, 2.24) is 10.3 Å². The summed E-state index contributed by atoms with van der Waals surface area (Å²) in [4.78, 5) is 6.37. The molecular formula is C11H14N4. The molecule has 1 atom stereocenters. The maximum atomic E-state index is 8.98. The van der Waals surface area contributed by atoms with Crippen LogP contribution in [0.4, 0.5) is 5.82 Å². The lowest BCUT2D eigenvalue weighted by Gasteiger charge is -2.25. The van der Waals surface area contributed by atoms with Gasteiger partial charge in [-0.15, -0.1) is 0 Å². The molecule has 78 valence electrons. The van der Waals surface area contributed by atoms with Crippen LogP contribution in [0.2, 0.25) is 0 Å². The van der Waals surface area contributed by atoms with E-state index in [1.54, 1.807) is 18.3 Å². The fourth-order valence-corrected chi connectivity index (χ4v) is 1.91. The lowest BCUT2D eigenvalue weighted by molar-refractivity contribution is 0.677. The Morgan fingerprint density at radius 2 is 2.53 bits per heavy atom. The number of hydrogen-bond donors (Lipinski definition) is 1. The first-order valence-corrected chi connectivity index (χ1v) is 5.11. The predicted octanol–water partition coefficient (Wildman–Crippen LogP) is 0.751. The predicted molar refractivity (Wildman–Crippen MR) is 58.6 cm³/mol. The van der Waals surface area contributed by atoms with Gasteiger partial charge in [-0.1, -0.05) is 0 Å². The van der Waals surface area contributed by atoms with Crippen molar-refractivity contribution < 1.29 is 0 Å². The molecule has 0 bridgehead atoms. The monoisotopic (exact) mass is 202 g/mol. The van der Waals surface area contributed by atoms with Gasteiger partial charge in [0.15, 0.2) is 0 Å². The SMILES string of the molecule is CN(c1ncccc1C#N)C1CCNC1. The third kappa shape index (κ3) is 1.92. The van der Waals surface area contributed by atoms with Crippen LogP contribution in [0.25, 0.3) is 0 Å². The van der Waals surface area contributed by atoms with Crippen molar-refractivity contribution in [3.05, 3.63) is 23.9 Å². The van der Waals surface area contributed by atoms with Crippen LogP contribution in [-0.2, 0) is 0 Å². The van der Waals surface area contributed by atoms with Crippen LogP contribution in [0.3, 0.4) is 0 Å². The normalized spacial score (nSPS) is 19.9. The van der Waals surface area contributed by atoms with Crippen LogP contribution in [0.1, 0.15) is 12.0 Å². The van der Waals surface area contributed by atoms with Gasteiger partial charge in [-0.2, -0.15) is 5.26 Å². The zero-order valence-electron chi connectivity index (χ0n) is 8.77. The quantitative estimate of drug-likeness (QED) is 0.769. The zero-order chi connectivity index (χ0) is 10.7. The molecule has 2 rings (SSSR count). The maximum absolute atomic E-state index is 8.98. The zero-order valence-corrected chi connectivity index (χ0v) is 8.77. The molecule has 1 N–H and O–H groups in total. The Bertz CT molecular complexity index is 376. The first-order chi connectivity index (χ1) is 7.33. The van der Waals surface area contributed by atoms with E-state index in [9.17, 15) is 0 Å². The van der Waals surface area contributed by atoms with Crippen molar-refractivity contribution in [3.63, 3.8) is 0 Å². The van der Waals surface area contributed by atoms with Crippen molar-refractivity contribution in [3.8, 4) is 6.07 Å². The van der Waals surface area contributed by atoms with E-state index >= 15 is 0 Å². The molecule has 1 aliphatic heterocycles. The number of hydrogen-bond acceptors (Lipinski definition) is 4. The highest BCUT2D eigenvalue weighted by Gasteiger charge is 2.21. The second-order valence-electron chi connectivity index (χ2n) is 3.74. The van der Waals surface area contributed by atoms with Crippen molar-refractivity contribution in [2.75, 3.05) is 25.0 Å². The van der Waals surface area contributed by atoms with E-state index in [0.717, 1.165) is 25.3 Å². The fraction of sp³-hybridized carbons (Fsp3) is 0.455. The van der Waals surface area contributed by atoms with Crippen LogP contribution in [-0.4, -0.2) is 31.2 Å². The average Bonchev–Trinajstić information content (AvgIpc) is 2.81. The Hall–Kier alpha value is -1.60. The summed E-state index contributed by atoms with van der Waals surface area (Å²) in [5.41, 5.74) is 0.645. The summed E-state index contributed by atoms with van der Waals surface area (Å²) in [5.74, 6) is 0.786. The van der Waals surface area contributed by atoms with Crippen LogP contribution in [0.5, 0.6) is 0 Å². The molecule has 15 heavy (non-hydrogen) atoms. The minimum absolute atomic E-state index is 0.451. The molecule has 0 spiro atoms. The summed E-state index contributed by atoms with van der Waals surface area (Å²) in [7, 11) is 2.00. The standard InChI is InChI=1S/C11H14N4/c1-15(10-4-6-13-8-10)11-9(7-12)3-2-5-14-11/h2-3,5,10,13H,4,6,8H2,1H3. The summed E-state index contributed by atoms with van der Waals surface area (Å²) in [6.07, 6.45) is 2.84. The van der Waals surface area contributed by atoms with E-state index < -0.39 is 0 Å². The molecule has 1 aliphatic rings. The van der Waals surface area contributed by atoms with Gasteiger partial charge in [-0.05, 0) is 25.1 Å². The van der Waals surface area contributed by atoms with Crippen LogP contribution in [0, 0.1) is 11.3 Å². The topological polar surface area (TPSA) is 52.0 Å². The lowest BCUT2D eigenvalue weighted by atomic mass is 10.2. The van der Waals surface area contributed by atoms with Gasteiger partial charge in [0.1, 0.15) is 11.9 Å². The minimum Gasteiger partial charge on any atom is -0.354 e. The molecule has 0 radical (unpaired) electrons. The molecule has 1 aromatic rings. The van der Waals surface area contributed by atoms with E-state index in [-0.39, 0.29) is 0 Å². The minimum atomic E-state index is 0.451. The summed E-state index contributed by atoms with van der Waals surface area (Å²) in [6.45, 7) is 2.02. The number of nitriles is 1. The highest BCUT2D eigenvalue weighted by Crippen LogP contribution is 2.19. The van der Waals surface area contributed by atoms with Crippen LogP contribution < -0.4 is 10.2 Å². The summed E-state index contributed by atoms with van der Waals surface area (Å²) in [6, 6.07) is 6.23. The number of likely N-dealkylation sites (N-methyl/N-ethyl adjacent to an activating group) is 1. The summed E-state index contributed by atoms with van der Waals surface area (Å²) < 4.78 is 0. The second-order valence-corrected chi connectivity index (χ2v) is 3.74. The molecule has 1 aromatic heterocycles. The smallest absolute Gasteiger partial charge is 0.146 e. The van der Waals surface area contributed by atoms with E-state index in [2.05, 4.69) is 21.3 Å². The Morgan fingerprint density at radius 3 is 3.20 bits per heavy atom. The third-order valence-corrected chi connectivity index (χ3v) is 2.82. The van der Waals surface area contributed by atoms with E-state index in [4.69, 9.17) is 5.26 Å². The van der Waals surface area contributed by atoms with E-state index in [0.29, 0.717) is 11.6 Å². The average molecular weight is 202 g/mol. The molecule has 1 fully saturated rings. The van der Waals surface area contributed by atoms with Gasteiger partial charge in [0, 0.05) is 25.8 Å². The van der Waals surface area contributed by atoms with Crippen molar-refractivity contribution in [2.45, 2.75) is 12.5 Å². The van der Waals surface area contributed by atoms with Gasteiger partial charge < -0.3 is 10.2 Å². The molecule has 0 amide bonds. The second kappa shape index (κ2) is 4.28. The highest BCUT2D eigenvalue weighted by molar-refractivity contribution is 5.53. The Morgan fingerprint density at radius 1 is 1.67 bits per heavy atom. The number of aromatic nitrogens is 1. The molecular weight excluding hydrogens is 188 g/mol. The maximum Gasteiger partial charge on any atom is 0.146 e. The molecule has 0 aromatic carbocycles. The van der Waals surface area contributed by atoms with Gasteiger partial charge in [0.25, 0.3) is 0 Å². The number of anilines is 1.